The number of Topliss-reactive ketones (excluding diaryl/α,β-unsaturated/α-hetero) is 1. The summed E-state index contributed by atoms with van der Waals surface area (Å²) in [5, 5.41) is 0.513. The van der Waals surface area contributed by atoms with Crippen molar-refractivity contribution in [1.82, 2.24) is 9.36 Å². The lowest BCUT2D eigenvalue weighted by Gasteiger charge is -2.40. The number of carbonyl (C=O) groups excluding carboxylic acids is 1. The van der Waals surface area contributed by atoms with Crippen LogP contribution in [0.2, 0.25) is 0 Å². The number of fused-ring (bicyclic) bond motifs is 2. The number of ketones is 1. The van der Waals surface area contributed by atoms with Crippen molar-refractivity contribution in [1.29, 1.82) is 0 Å². The molecule has 0 saturated heterocycles. The Kier molecular flexibility index (Phi) is 6.80. The molecule has 0 bridgehead atoms. The summed E-state index contributed by atoms with van der Waals surface area (Å²) in [5.74, 6) is 0.511. The molecule has 1 atom stereocenters. The maximum atomic E-state index is 14.0. The SMILES string of the molecule is COc1ccc(NS(=O)(=O)c2cc(C3C4=C(Cn5c(=O)c6ccccc6c(=O)n53)CC(C)(C)CC4=O)ccc2OC)cc1. The molecular weight excluding hydrogens is 570 g/mol. The molecule has 222 valence electrons. The van der Waals surface area contributed by atoms with E-state index in [0.717, 1.165) is 5.57 Å². The fraction of sp³-hybridized carbons (Fsp3) is 0.281. The minimum Gasteiger partial charge on any atom is -0.497 e. The lowest BCUT2D eigenvalue weighted by molar-refractivity contribution is -0.118. The van der Waals surface area contributed by atoms with E-state index in [2.05, 4.69) is 4.72 Å². The molecule has 3 aromatic carbocycles. The molecule has 1 unspecified atom stereocenters. The van der Waals surface area contributed by atoms with Gasteiger partial charge < -0.3 is 9.47 Å². The fourth-order valence-electron chi connectivity index (χ4n) is 6.23. The summed E-state index contributed by atoms with van der Waals surface area (Å²) in [5.41, 5.74) is 0.723. The van der Waals surface area contributed by atoms with Crippen LogP contribution in [0.3, 0.4) is 0 Å². The number of carbonyl (C=O) groups is 1. The Labute approximate surface area is 248 Å². The average molecular weight is 602 g/mol. The van der Waals surface area contributed by atoms with Crippen LogP contribution in [0.15, 0.2) is 92.4 Å². The van der Waals surface area contributed by atoms with Gasteiger partial charge in [0.15, 0.2) is 5.78 Å². The van der Waals surface area contributed by atoms with Gasteiger partial charge in [0, 0.05) is 17.7 Å². The number of aromatic nitrogens is 2. The number of anilines is 1. The molecule has 0 spiro atoms. The van der Waals surface area contributed by atoms with Crippen LogP contribution >= 0.6 is 0 Å². The van der Waals surface area contributed by atoms with Crippen LogP contribution in [-0.2, 0) is 21.4 Å². The van der Waals surface area contributed by atoms with Crippen molar-refractivity contribution in [3.8, 4) is 11.5 Å². The van der Waals surface area contributed by atoms with E-state index < -0.39 is 21.6 Å². The minimum atomic E-state index is -4.20. The van der Waals surface area contributed by atoms with Crippen molar-refractivity contribution in [3.05, 3.63) is 104 Å². The highest BCUT2D eigenvalue weighted by Crippen LogP contribution is 2.45. The molecule has 0 saturated carbocycles. The standard InChI is InChI=1S/C32H31N3O7S/c1-32(2)16-20-18-34-30(37)23-7-5-6-8-24(23)31(38)35(34)29(28(20)25(36)17-32)19-9-14-26(42-4)27(15-19)43(39,40)33-21-10-12-22(41-3)13-11-21/h5-15,29,33H,16-18H2,1-4H3. The van der Waals surface area contributed by atoms with E-state index in [-0.39, 0.29) is 51.1 Å². The summed E-state index contributed by atoms with van der Waals surface area (Å²) in [7, 11) is -1.33. The predicted molar refractivity (Wildman–Crippen MR) is 162 cm³/mol. The van der Waals surface area contributed by atoms with E-state index in [4.69, 9.17) is 9.47 Å². The molecule has 11 heteroatoms. The number of benzene rings is 3. The van der Waals surface area contributed by atoms with E-state index in [1.807, 2.05) is 13.8 Å². The third kappa shape index (κ3) is 4.83. The van der Waals surface area contributed by atoms with Crippen molar-refractivity contribution in [2.75, 3.05) is 18.9 Å². The number of allylic oxidation sites excluding steroid dienone is 2. The topological polar surface area (TPSA) is 126 Å². The zero-order valence-electron chi connectivity index (χ0n) is 24.2. The molecule has 0 fully saturated rings. The van der Waals surface area contributed by atoms with Crippen molar-refractivity contribution in [2.45, 2.75) is 44.2 Å². The Morgan fingerprint density at radius 2 is 1.53 bits per heavy atom. The fourth-order valence-corrected chi connectivity index (χ4v) is 7.50. The second kappa shape index (κ2) is 10.3. The molecule has 6 rings (SSSR count). The van der Waals surface area contributed by atoms with Gasteiger partial charge in [-0.15, -0.1) is 0 Å². The number of nitrogens with one attached hydrogen (secondary N) is 1. The van der Waals surface area contributed by atoms with E-state index >= 15 is 0 Å². The monoisotopic (exact) mass is 601 g/mol. The van der Waals surface area contributed by atoms with Crippen molar-refractivity contribution in [2.24, 2.45) is 5.41 Å². The lowest BCUT2D eigenvalue weighted by Crippen LogP contribution is -2.47. The maximum absolute atomic E-state index is 14.0. The van der Waals surface area contributed by atoms with Gasteiger partial charge in [0.05, 0.1) is 31.5 Å². The largest absolute Gasteiger partial charge is 0.497 e. The van der Waals surface area contributed by atoms with Gasteiger partial charge in [0.2, 0.25) is 0 Å². The van der Waals surface area contributed by atoms with Crippen molar-refractivity contribution >= 4 is 32.3 Å². The highest BCUT2D eigenvalue weighted by atomic mass is 32.2. The summed E-state index contributed by atoms with van der Waals surface area (Å²) in [6.07, 6.45) is 0.813. The Hall–Kier alpha value is -4.64. The number of hydrogen-bond donors (Lipinski definition) is 1. The second-order valence-corrected chi connectivity index (χ2v) is 13.3. The molecule has 0 radical (unpaired) electrons. The van der Waals surface area contributed by atoms with Gasteiger partial charge in [-0.3, -0.25) is 19.1 Å². The first-order valence-electron chi connectivity index (χ1n) is 13.8. The van der Waals surface area contributed by atoms with Gasteiger partial charge in [-0.2, -0.15) is 0 Å². The Morgan fingerprint density at radius 1 is 0.860 bits per heavy atom. The Bertz CT molecular complexity index is 2060. The van der Waals surface area contributed by atoms with Crippen LogP contribution in [0.25, 0.3) is 10.8 Å². The lowest BCUT2D eigenvalue weighted by atomic mass is 9.71. The molecule has 1 N–H and O–H groups in total. The highest BCUT2D eigenvalue weighted by molar-refractivity contribution is 7.92. The van der Waals surface area contributed by atoms with Gasteiger partial charge >= 0.3 is 0 Å². The number of hydrogen-bond acceptors (Lipinski definition) is 7. The number of nitrogens with zero attached hydrogens (tertiary/aromatic N) is 2. The molecule has 4 aromatic rings. The Balaban J connectivity index is 1.58. The zero-order valence-corrected chi connectivity index (χ0v) is 25.0. The van der Waals surface area contributed by atoms with Gasteiger partial charge in [-0.1, -0.05) is 32.0 Å². The molecule has 2 aliphatic rings. The normalized spacial score (nSPS) is 17.8. The van der Waals surface area contributed by atoms with Crippen LogP contribution in [0.5, 0.6) is 11.5 Å². The van der Waals surface area contributed by atoms with Gasteiger partial charge in [-0.25, -0.2) is 17.8 Å². The summed E-state index contributed by atoms with van der Waals surface area (Å²) in [6, 6.07) is 16.5. The Morgan fingerprint density at radius 3 is 2.19 bits per heavy atom. The van der Waals surface area contributed by atoms with Crippen LogP contribution in [0.1, 0.15) is 38.3 Å². The molecule has 2 heterocycles. The number of methoxy groups -OCH3 is 2. The number of rotatable bonds is 6. The first-order chi connectivity index (χ1) is 20.4. The van der Waals surface area contributed by atoms with Crippen LogP contribution in [-0.4, -0.2) is 37.8 Å². The smallest absolute Gasteiger partial charge is 0.274 e. The maximum Gasteiger partial charge on any atom is 0.274 e. The van der Waals surface area contributed by atoms with Crippen LogP contribution in [0, 0.1) is 5.41 Å². The molecule has 0 amide bonds. The molecule has 1 aliphatic heterocycles. The van der Waals surface area contributed by atoms with Gasteiger partial charge in [-0.05, 0) is 71.5 Å². The quantitative estimate of drug-likeness (QED) is 0.350. The molecule has 43 heavy (non-hydrogen) atoms. The third-order valence-electron chi connectivity index (χ3n) is 8.10. The summed E-state index contributed by atoms with van der Waals surface area (Å²) < 4.78 is 43.3. The molecule has 1 aliphatic carbocycles. The van der Waals surface area contributed by atoms with Crippen molar-refractivity contribution in [3.63, 3.8) is 0 Å². The van der Waals surface area contributed by atoms with E-state index in [9.17, 15) is 22.8 Å². The minimum absolute atomic E-state index is 0.0779. The summed E-state index contributed by atoms with van der Waals surface area (Å²) in [4.78, 5) is 41.4. The molecule has 1 aromatic heterocycles. The first kappa shape index (κ1) is 28.5. The van der Waals surface area contributed by atoms with E-state index in [1.54, 1.807) is 54.6 Å². The van der Waals surface area contributed by atoms with E-state index in [0.29, 0.717) is 29.0 Å². The molecule has 10 nitrogen and oxygen atoms in total. The summed E-state index contributed by atoms with van der Waals surface area (Å²) >= 11 is 0. The van der Waals surface area contributed by atoms with Crippen LogP contribution in [0.4, 0.5) is 5.69 Å². The third-order valence-corrected chi connectivity index (χ3v) is 9.50. The van der Waals surface area contributed by atoms with Crippen LogP contribution < -0.4 is 25.3 Å². The van der Waals surface area contributed by atoms with Crippen molar-refractivity contribution < 1.29 is 22.7 Å². The number of ether oxygens (including phenoxy) is 2. The summed E-state index contributed by atoms with van der Waals surface area (Å²) in [6.45, 7) is 4.09. The zero-order chi connectivity index (χ0) is 30.7. The van der Waals surface area contributed by atoms with Gasteiger partial charge in [0.1, 0.15) is 22.4 Å². The average Bonchev–Trinajstić information content (AvgIpc) is 2.98. The van der Waals surface area contributed by atoms with Gasteiger partial charge in [0.25, 0.3) is 21.1 Å². The number of sulfonamides is 1. The predicted octanol–water partition coefficient (Wildman–Crippen LogP) is 4.27. The first-order valence-corrected chi connectivity index (χ1v) is 15.3. The second-order valence-electron chi connectivity index (χ2n) is 11.7. The molecular formula is C32H31N3O7S. The highest BCUT2D eigenvalue weighted by Gasteiger charge is 2.42. The van der Waals surface area contributed by atoms with E-state index in [1.165, 1.54) is 35.7 Å².